The minimum Gasteiger partial charge on any atom is -0.460 e. The Morgan fingerprint density at radius 3 is 2.42 bits per heavy atom. The van der Waals surface area contributed by atoms with Gasteiger partial charge >= 0.3 is 12.1 Å². The van der Waals surface area contributed by atoms with Crippen molar-refractivity contribution in [1.82, 2.24) is 10.2 Å². The van der Waals surface area contributed by atoms with Crippen LogP contribution in [0, 0.1) is 0 Å². The highest BCUT2D eigenvalue weighted by Gasteiger charge is 2.24. The lowest BCUT2D eigenvalue weighted by Gasteiger charge is -2.31. The van der Waals surface area contributed by atoms with Crippen molar-refractivity contribution in [2.24, 2.45) is 0 Å². The largest absolute Gasteiger partial charge is 0.460 e. The number of piperidine rings is 1. The lowest BCUT2D eigenvalue weighted by molar-refractivity contribution is -0.154. The number of rotatable bonds is 6. The molecule has 1 amide bonds. The summed E-state index contributed by atoms with van der Waals surface area (Å²) in [5.74, 6) is -0.188. The summed E-state index contributed by atoms with van der Waals surface area (Å²) >= 11 is 0. The van der Waals surface area contributed by atoms with Crippen molar-refractivity contribution < 1.29 is 19.1 Å². The third-order valence-corrected chi connectivity index (χ3v) is 4.14. The number of nitrogens with one attached hydrogen (secondary N) is 1. The molecule has 1 aliphatic rings. The van der Waals surface area contributed by atoms with Crippen LogP contribution in [0.15, 0.2) is 30.3 Å². The monoisotopic (exact) mass is 362 g/mol. The summed E-state index contributed by atoms with van der Waals surface area (Å²) in [6.45, 7) is 7.82. The molecule has 2 rings (SSSR count). The molecular weight excluding hydrogens is 332 g/mol. The Kier molecular flexibility index (Phi) is 7.45. The van der Waals surface area contributed by atoms with Gasteiger partial charge in [0.15, 0.2) is 0 Å². The maximum Gasteiger partial charge on any atom is 0.410 e. The number of hydrogen-bond acceptors (Lipinski definition) is 5. The molecule has 0 unspecified atom stereocenters. The number of hydrogen-bond donors (Lipinski definition) is 1. The molecule has 6 heteroatoms. The molecule has 1 aromatic rings. The van der Waals surface area contributed by atoms with Crippen molar-refractivity contribution in [3.63, 3.8) is 0 Å². The standard InChI is InChI=1S/C20H30N2O4/c1-20(2,3)26-18(23)9-12-21-17-10-13-22(14-11-17)19(24)25-15-16-7-5-4-6-8-16/h4-8,17,21H,9-15H2,1-3H3. The molecule has 0 aliphatic carbocycles. The van der Waals surface area contributed by atoms with E-state index in [9.17, 15) is 9.59 Å². The van der Waals surface area contributed by atoms with Crippen LogP contribution in [0.2, 0.25) is 0 Å². The molecule has 1 saturated heterocycles. The third-order valence-electron chi connectivity index (χ3n) is 4.14. The Bertz CT molecular complexity index is 575. The lowest BCUT2D eigenvalue weighted by Crippen LogP contribution is -2.45. The average molecular weight is 362 g/mol. The average Bonchev–Trinajstić information content (AvgIpc) is 2.59. The van der Waals surface area contributed by atoms with Crippen LogP contribution in [0.5, 0.6) is 0 Å². The molecule has 1 fully saturated rings. The summed E-state index contributed by atoms with van der Waals surface area (Å²) in [5.41, 5.74) is 0.544. The molecule has 0 saturated carbocycles. The zero-order chi connectivity index (χ0) is 19.0. The molecule has 1 N–H and O–H groups in total. The number of amides is 1. The SMILES string of the molecule is CC(C)(C)OC(=O)CCNC1CCN(C(=O)OCc2ccccc2)CC1. The molecule has 144 valence electrons. The number of nitrogens with zero attached hydrogens (tertiary/aromatic N) is 1. The summed E-state index contributed by atoms with van der Waals surface area (Å²) in [7, 11) is 0. The Hall–Kier alpha value is -2.08. The van der Waals surface area contributed by atoms with Crippen molar-refractivity contribution in [2.75, 3.05) is 19.6 Å². The van der Waals surface area contributed by atoms with Gasteiger partial charge in [-0.05, 0) is 39.2 Å². The van der Waals surface area contributed by atoms with Gasteiger partial charge in [-0.15, -0.1) is 0 Å². The van der Waals surface area contributed by atoms with E-state index in [0.717, 1.165) is 18.4 Å². The van der Waals surface area contributed by atoms with Gasteiger partial charge in [0.05, 0.1) is 6.42 Å². The maximum atomic E-state index is 12.1. The van der Waals surface area contributed by atoms with E-state index in [1.165, 1.54) is 0 Å². The number of carbonyl (C=O) groups excluding carboxylic acids is 2. The second kappa shape index (κ2) is 9.57. The molecule has 1 aromatic carbocycles. The van der Waals surface area contributed by atoms with Gasteiger partial charge in [-0.25, -0.2) is 4.79 Å². The second-order valence-electron chi connectivity index (χ2n) is 7.59. The van der Waals surface area contributed by atoms with Gasteiger partial charge in [0.1, 0.15) is 12.2 Å². The quantitative estimate of drug-likeness (QED) is 0.788. The molecule has 26 heavy (non-hydrogen) atoms. The van der Waals surface area contributed by atoms with Crippen LogP contribution in [0.25, 0.3) is 0 Å². The Balaban J connectivity index is 1.61. The predicted molar refractivity (Wildman–Crippen MR) is 99.7 cm³/mol. The summed E-state index contributed by atoms with van der Waals surface area (Å²) in [6, 6.07) is 9.99. The third kappa shape index (κ3) is 7.44. The van der Waals surface area contributed by atoms with E-state index in [1.807, 2.05) is 51.1 Å². The van der Waals surface area contributed by atoms with Gasteiger partial charge in [-0.3, -0.25) is 4.79 Å². The van der Waals surface area contributed by atoms with E-state index in [1.54, 1.807) is 4.90 Å². The normalized spacial score (nSPS) is 15.6. The van der Waals surface area contributed by atoms with Gasteiger partial charge in [0.2, 0.25) is 0 Å². The van der Waals surface area contributed by atoms with E-state index >= 15 is 0 Å². The van der Waals surface area contributed by atoms with E-state index in [4.69, 9.17) is 9.47 Å². The smallest absolute Gasteiger partial charge is 0.410 e. The van der Waals surface area contributed by atoms with Gasteiger partial charge in [-0.1, -0.05) is 30.3 Å². The first kappa shape index (κ1) is 20.2. The van der Waals surface area contributed by atoms with Gasteiger partial charge in [0, 0.05) is 25.7 Å². The second-order valence-corrected chi connectivity index (χ2v) is 7.59. The summed E-state index contributed by atoms with van der Waals surface area (Å²) < 4.78 is 10.7. The molecule has 0 aromatic heterocycles. The van der Waals surface area contributed by atoms with Crippen LogP contribution in [0.3, 0.4) is 0 Å². The first-order chi connectivity index (χ1) is 12.3. The van der Waals surface area contributed by atoms with Crippen molar-refractivity contribution in [3.8, 4) is 0 Å². The molecule has 0 bridgehead atoms. The minimum atomic E-state index is -0.442. The summed E-state index contributed by atoms with van der Waals surface area (Å²) in [4.78, 5) is 25.6. The first-order valence-electron chi connectivity index (χ1n) is 9.24. The van der Waals surface area contributed by atoms with E-state index < -0.39 is 5.60 Å². The summed E-state index contributed by atoms with van der Waals surface area (Å²) in [6.07, 6.45) is 1.81. The van der Waals surface area contributed by atoms with E-state index in [2.05, 4.69) is 5.32 Å². The highest BCUT2D eigenvalue weighted by atomic mass is 16.6. The number of ether oxygens (including phenoxy) is 2. The Labute approximate surface area is 155 Å². The van der Waals surface area contributed by atoms with Crippen LogP contribution < -0.4 is 5.32 Å². The first-order valence-corrected chi connectivity index (χ1v) is 9.24. The van der Waals surface area contributed by atoms with Crippen molar-refractivity contribution in [3.05, 3.63) is 35.9 Å². The minimum absolute atomic E-state index is 0.188. The number of carbonyl (C=O) groups is 2. The zero-order valence-corrected chi connectivity index (χ0v) is 16.0. The molecule has 0 spiro atoms. The molecule has 1 heterocycles. The highest BCUT2D eigenvalue weighted by Crippen LogP contribution is 2.13. The topological polar surface area (TPSA) is 67.9 Å². The van der Waals surface area contributed by atoms with Gasteiger partial charge in [0.25, 0.3) is 0 Å². The predicted octanol–water partition coefficient (Wildman–Crippen LogP) is 3.11. The maximum absolute atomic E-state index is 12.1. The fraction of sp³-hybridized carbons (Fsp3) is 0.600. The number of benzene rings is 1. The van der Waals surface area contributed by atoms with E-state index in [0.29, 0.717) is 38.7 Å². The fourth-order valence-electron chi connectivity index (χ4n) is 2.85. The summed E-state index contributed by atoms with van der Waals surface area (Å²) in [5, 5.41) is 3.38. The van der Waals surface area contributed by atoms with Crippen molar-refractivity contribution in [1.29, 1.82) is 0 Å². The van der Waals surface area contributed by atoms with Crippen LogP contribution >= 0.6 is 0 Å². The van der Waals surface area contributed by atoms with Gasteiger partial charge < -0.3 is 19.7 Å². The molecular formula is C20H30N2O4. The number of esters is 1. The van der Waals surface area contributed by atoms with Crippen LogP contribution in [0.1, 0.15) is 45.6 Å². The molecule has 0 radical (unpaired) electrons. The van der Waals surface area contributed by atoms with Crippen LogP contribution in [-0.2, 0) is 20.9 Å². The van der Waals surface area contributed by atoms with Crippen LogP contribution in [0.4, 0.5) is 4.79 Å². The van der Waals surface area contributed by atoms with Crippen molar-refractivity contribution >= 4 is 12.1 Å². The Morgan fingerprint density at radius 2 is 1.81 bits per heavy atom. The highest BCUT2D eigenvalue weighted by molar-refractivity contribution is 5.70. The Morgan fingerprint density at radius 1 is 1.15 bits per heavy atom. The number of likely N-dealkylation sites (tertiary alicyclic amines) is 1. The zero-order valence-electron chi connectivity index (χ0n) is 16.0. The van der Waals surface area contributed by atoms with Crippen LogP contribution in [-0.4, -0.2) is 48.2 Å². The van der Waals surface area contributed by atoms with Crippen molar-refractivity contribution in [2.45, 2.75) is 58.3 Å². The molecule has 6 nitrogen and oxygen atoms in total. The lowest BCUT2D eigenvalue weighted by atomic mass is 10.1. The van der Waals surface area contributed by atoms with Gasteiger partial charge in [-0.2, -0.15) is 0 Å². The molecule has 0 atom stereocenters. The van der Waals surface area contributed by atoms with E-state index in [-0.39, 0.29) is 12.1 Å². The fourth-order valence-corrected chi connectivity index (χ4v) is 2.85. The molecule has 1 aliphatic heterocycles.